The molecule has 0 fully saturated rings. The first-order valence-electron chi connectivity index (χ1n) is 0.500. The Bertz CT molecular complexity index is 80.2. The summed E-state index contributed by atoms with van der Waals surface area (Å²) in [7, 11) is 0. The molecule has 0 rings (SSSR count). The summed E-state index contributed by atoms with van der Waals surface area (Å²) in [5.41, 5.74) is 0. The average molecular weight is 349 g/mol. The third-order valence-electron chi connectivity index (χ3n) is 0. The van der Waals surface area contributed by atoms with Gasteiger partial charge in [0.25, 0.3) is 0 Å². The van der Waals surface area contributed by atoms with Crippen LogP contribution >= 0.6 is 0 Å². The predicted octanol–water partition coefficient (Wildman–Crippen LogP) is -0.364. The molecular formula is CoNiO3W. The van der Waals surface area contributed by atoms with Gasteiger partial charge in [-0.3, -0.25) is 0 Å². The fourth-order valence-electron chi connectivity index (χ4n) is 0. The summed E-state index contributed by atoms with van der Waals surface area (Å²) in [6.45, 7) is 0. The summed E-state index contributed by atoms with van der Waals surface area (Å²) >= 11 is -4.28. The summed E-state index contributed by atoms with van der Waals surface area (Å²) in [6.07, 6.45) is 0. The van der Waals surface area contributed by atoms with Gasteiger partial charge in [-0.05, 0) is 0 Å². The third-order valence-corrected chi connectivity index (χ3v) is 0. The van der Waals surface area contributed by atoms with Crippen molar-refractivity contribution in [3.8, 4) is 0 Å². The van der Waals surface area contributed by atoms with Gasteiger partial charge in [-0.15, -0.1) is 0 Å². The van der Waals surface area contributed by atoms with E-state index in [2.05, 4.69) is 0 Å². The second-order valence-corrected chi connectivity index (χ2v) is 1.67. The van der Waals surface area contributed by atoms with Crippen LogP contribution in [0.25, 0.3) is 0 Å². The monoisotopic (exact) mass is 349 g/mol. The maximum absolute atomic E-state index is 8.61. The van der Waals surface area contributed by atoms with Crippen LogP contribution in [0, 0.1) is 0 Å². The normalized spacial score (nSPS) is 4.00. The summed E-state index contributed by atoms with van der Waals surface area (Å²) in [4.78, 5) is 0. The first-order valence-corrected chi connectivity index (χ1v) is 4.09. The Morgan fingerprint density at radius 2 is 1.00 bits per heavy atom. The fourth-order valence-corrected chi connectivity index (χ4v) is 0. The molecule has 0 aliphatic carbocycles. The van der Waals surface area contributed by atoms with Gasteiger partial charge in [-0.2, -0.15) is 0 Å². The van der Waals surface area contributed by atoms with E-state index < -0.39 is 17.2 Å². The Labute approximate surface area is 60.5 Å². The molecular weight excluding hydrogens is 349 g/mol. The van der Waals surface area contributed by atoms with Crippen LogP contribution in [0.3, 0.4) is 0 Å². The van der Waals surface area contributed by atoms with E-state index >= 15 is 0 Å². The SMILES string of the molecule is [Co].[Ni].[O]=[W](=[O])=[O]. The molecule has 0 atom stereocenters. The van der Waals surface area contributed by atoms with Gasteiger partial charge in [0.05, 0.1) is 0 Å². The van der Waals surface area contributed by atoms with Crippen molar-refractivity contribution < 1.29 is 60.7 Å². The summed E-state index contributed by atoms with van der Waals surface area (Å²) in [6, 6.07) is 0. The number of hydrogen-bond donors (Lipinski definition) is 0. The van der Waals surface area contributed by atoms with Crippen LogP contribution in [0.1, 0.15) is 0 Å². The molecule has 0 amide bonds. The van der Waals surface area contributed by atoms with E-state index in [0.717, 1.165) is 0 Å². The Morgan fingerprint density at radius 3 is 1.00 bits per heavy atom. The van der Waals surface area contributed by atoms with Crippen molar-refractivity contribution in [1.82, 2.24) is 0 Å². The Kier molecular flexibility index (Phi) is 24.7. The van der Waals surface area contributed by atoms with Crippen LogP contribution in [0.4, 0.5) is 0 Å². The van der Waals surface area contributed by atoms with Gasteiger partial charge >= 0.3 is 27.4 Å². The number of rotatable bonds is 0. The van der Waals surface area contributed by atoms with Crippen molar-refractivity contribution in [3.05, 3.63) is 0 Å². The molecule has 0 unspecified atom stereocenters. The minimum absolute atomic E-state index is 0. The van der Waals surface area contributed by atoms with Gasteiger partial charge in [0, 0.05) is 33.3 Å². The molecule has 6 heteroatoms. The summed E-state index contributed by atoms with van der Waals surface area (Å²) < 4.78 is 25.8. The van der Waals surface area contributed by atoms with Gasteiger partial charge in [-0.1, -0.05) is 0 Å². The average Bonchev–Trinajstić information content (AvgIpc) is 0.811. The second-order valence-electron chi connectivity index (χ2n) is 0.204. The van der Waals surface area contributed by atoms with Crippen molar-refractivity contribution in [1.29, 1.82) is 0 Å². The predicted molar refractivity (Wildman–Crippen MR) is 2.06 cm³/mol. The maximum atomic E-state index is 8.61. The van der Waals surface area contributed by atoms with Crippen LogP contribution in [-0.4, -0.2) is 0 Å². The molecule has 0 bridgehead atoms. The quantitative estimate of drug-likeness (QED) is 0.561. The molecule has 0 saturated heterocycles. The van der Waals surface area contributed by atoms with E-state index in [1.807, 2.05) is 0 Å². The standard InChI is InChI=1S/Co.Ni.3O.W. The van der Waals surface area contributed by atoms with E-state index in [9.17, 15) is 0 Å². The fraction of sp³-hybridized carbons (Fsp3) is 0. The molecule has 0 aromatic carbocycles. The van der Waals surface area contributed by atoms with E-state index in [0.29, 0.717) is 0 Å². The molecule has 0 aliphatic rings. The molecule has 3 nitrogen and oxygen atoms in total. The molecule has 0 aromatic heterocycles. The van der Waals surface area contributed by atoms with E-state index in [4.69, 9.17) is 10.2 Å². The molecule has 0 heterocycles. The zero-order valence-corrected chi connectivity index (χ0v) is 7.24. The Hall–Kier alpha value is 1.09. The van der Waals surface area contributed by atoms with Crippen molar-refractivity contribution in [2.75, 3.05) is 0 Å². The molecule has 0 saturated carbocycles. The van der Waals surface area contributed by atoms with Gasteiger partial charge in [-0.25, -0.2) is 0 Å². The van der Waals surface area contributed by atoms with Crippen molar-refractivity contribution in [2.45, 2.75) is 0 Å². The van der Waals surface area contributed by atoms with Gasteiger partial charge in [0.1, 0.15) is 0 Å². The zero-order chi connectivity index (χ0) is 3.58. The summed E-state index contributed by atoms with van der Waals surface area (Å²) in [5.74, 6) is 0. The van der Waals surface area contributed by atoms with Crippen molar-refractivity contribution in [3.63, 3.8) is 0 Å². The minimum atomic E-state index is -4.28. The van der Waals surface area contributed by atoms with E-state index in [1.54, 1.807) is 0 Å². The first kappa shape index (κ1) is 15.7. The molecule has 0 N–H and O–H groups in total. The van der Waals surface area contributed by atoms with Crippen LogP contribution in [0.5, 0.6) is 0 Å². The Morgan fingerprint density at radius 1 is 1.00 bits per heavy atom. The molecule has 0 aromatic rings. The topological polar surface area (TPSA) is 51.2 Å². The zero-order valence-electron chi connectivity index (χ0n) is 2.28. The first-order chi connectivity index (χ1) is 1.73. The van der Waals surface area contributed by atoms with Gasteiger partial charge < -0.3 is 0 Å². The molecule has 6 heavy (non-hydrogen) atoms. The van der Waals surface area contributed by atoms with Gasteiger partial charge in [0.2, 0.25) is 0 Å². The van der Waals surface area contributed by atoms with Crippen molar-refractivity contribution >= 4 is 0 Å². The Balaban J connectivity index is -0.0000000450. The van der Waals surface area contributed by atoms with E-state index in [1.165, 1.54) is 0 Å². The molecule has 0 spiro atoms. The van der Waals surface area contributed by atoms with Crippen LogP contribution in [0.2, 0.25) is 0 Å². The molecule has 0 aliphatic heterocycles. The van der Waals surface area contributed by atoms with Crippen LogP contribution in [0.15, 0.2) is 0 Å². The molecule has 1 radical (unpaired) electrons. The van der Waals surface area contributed by atoms with Crippen molar-refractivity contribution in [2.24, 2.45) is 0 Å². The number of hydrogen-bond acceptors (Lipinski definition) is 3. The van der Waals surface area contributed by atoms with Gasteiger partial charge in [0.15, 0.2) is 0 Å². The molecule has 43 valence electrons. The summed E-state index contributed by atoms with van der Waals surface area (Å²) in [5, 5.41) is 0. The van der Waals surface area contributed by atoms with E-state index in [-0.39, 0.29) is 33.3 Å². The second kappa shape index (κ2) is 9.43. The third kappa shape index (κ3) is 71.8. The van der Waals surface area contributed by atoms with Crippen LogP contribution < -0.4 is 0 Å². The van der Waals surface area contributed by atoms with Crippen LogP contribution in [-0.2, 0) is 60.7 Å².